The molecule has 0 spiro atoms. The molecule has 0 unspecified atom stereocenters. The van der Waals surface area contributed by atoms with Gasteiger partial charge < -0.3 is 10.1 Å². The van der Waals surface area contributed by atoms with Crippen molar-refractivity contribution in [2.45, 2.75) is 19.9 Å². The number of nitrogens with one attached hydrogen (secondary N) is 1. The van der Waals surface area contributed by atoms with E-state index in [1.54, 1.807) is 47.9 Å². The Morgan fingerprint density at radius 1 is 1.20 bits per heavy atom. The molecule has 0 bridgehead atoms. The largest absolute Gasteiger partial charge is 0.460 e. The van der Waals surface area contributed by atoms with Gasteiger partial charge in [-0.3, -0.25) is 9.36 Å². The highest BCUT2D eigenvalue weighted by Gasteiger charge is 2.26. The van der Waals surface area contributed by atoms with Gasteiger partial charge in [-0.05, 0) is 31.2 Å². The van der Waals surface area contributed by atoms with E-state index in [0.717, 1.165) is 17.9 Å². The van der Waals surface area contributed by atoms with Crippen LogP contribution in [0, 0.1) is 0 Å². The number of esters is 1. The Hall–Kier alpha value is -2.67. The van der Waals surface area contributed by atoms with Crippen LogP contribution in [0.4, 0.5) is 0 Å². The zero-order valence-electron chi connectivity index (χ0n) is 16.2. The lowest BCUT2D eigenvalue weighted by atomic mass is 10.0. The second kappa shape index (κ2) is 8.60. The number of carbonyl (C=O) groups is 2. The van der Waals surface area contributed by atoms with Crippen LogP contribution in [0.1, 0.15) is 44.9 Å². The first-order chi connectivity index (χ1) is 14.5. The maximum atomic E-state index is 13.1. The van der Waals surface area contributed by atoms with Crippen LogP contribution in [0.5, 0.6) is 0 Å². The van der Waals surface area contributed by atoms with Crippen LogP contribution in [-0.2, 0) is 17.7 Å². The molecular weight excluding hydrogens is 425 g/mol. The highest BCUT2D eigenvalue weighted by Crippen LogP contribution is 2.29. The van der Waals surface area contributed by atoms with Crippen molar-refractivity contribution in [3.8, 4) is 5.69 Å². The molecule has 0 fully saturated rings. The highest BCUT2D eigenvalue weighted by atomic mass is 35.5. The summed E-state index contributed by atoms with van der Waals surface area (Å²) in [6.07, 6.45) is 0.708. The number of fused-ring (bicyclic) bond motifs is 1. The van der Waals surface area contributed by atoms with Crippen LogP contribution in [0.15, 0.2) is 42.5 Å². The molecule has 3 aromatic rings. The number of carbonyl (C=O) groups excluding carboxylic acids is 2. The number of rotatable bonds is 5. The number of ether oxygens (including phenoxy) is 1. The third kappa shape index (κ3) is 3.74. The molecule has 2 aromatic carbocycles. The Kier molecular flexibility index (Phi) is 5.90. The van der Waals surface area contributed by atoms with E-state index < -0.39 is 5.97 Å². The number of ketones is 1. The highest BCUT2D eigenvalue weighted by molar-refractivity contribution is 6.44. The van der Waals surface area contributed by atoms with Crippen LogP contribution in [0.2, 0.25) is 10.0 Å². The second-order valence-corrected chi connectivity index (χ2v) is 7.58. The quantitative estimate of drug-likeness (QED) is 0.471. The van der Waals surface area contributed by atoms with Gasteiger partial charge in [-0.15, -0.1) is 0 Å². The average molecular weight is 444 g/mol. The Balaban J connectivity index is 1.81. The van der Waals surface area contributed by atoms with Gasteiger partial charge in [0.15, 0.2) is 5.78 Å². The maximum Gasteiger partial charge on any atom is 0.374 e. The normalized spacial score (nSPS) is 13.0. The Labute approximate surface area is 183 Å². The van der Waals surface area contributed by atoms with Gasteiger partial charge in [0.25, 0.3) is 0 Å². The van der Waals surface area contributed by atoms with Crippen molar-refractivity contribution in [3.05, 3.63) is 80.8 Å². The molecule has 0 atom stereocenters. The number of imidazole rings is 1. The summed E-state index contributed by atoms with van der Waals surface area (Å²) in [5.41, 5.74) is 3.16. The Morgan fingerprint density at radius 2 is 2.00 bits per heavy atom. The average Bonchev–Trinajstić information content (AvgIpc) is 3.15. The minimum Gasteiger partial charge on any atom is -0.460 e. The van der Waals surface area contributed by atoms with Crippen molar-refractivity contribution in [1.29, 1.82) is 0 Å². The van der Waals surface area contributed by atoms with Crippen LogP contribution >= 0.6 is 23.2 Å². The molecule has 0 radical (unpaired) electrons. The van der Waals surface area contributed by atoms with Crippen LogP contribution < -0.4 is 5.32 Å². The van der Waals surface area contributed by atoms with Gasteiger partial charge in [0, 0.05) is 42.0 Å². The van der Waals surface area contributed by atoms with E-state index >= 15 is 0 Å². The van der Waals surface area contributed by atoms with Crippen molar-refractivity contribution in [2.75, 3.05) is 13.2 Å². The lowest BCUT2D eigenvalue weighted by molar-refractivity contribution is 0.0509. The number of hydrogen-bond donors (Lipinski definition) is 1. The molecule has 8 heteroatoms. The molecule has 0 saturated heterocycles. The van der Waals surface area contributed by atoms with Crippen LogP contribution in [-0.4, -0.2) is 34.5 Å². The summed E-state index contributed by atoms with van der Waals surface area (Å²) in [5, 5.41) is 3.79. The maximum absolute atomic E-state index is 13.1. The first kappa shape index (κ1) is 20.6. The van der Waals surface area contributed by atoms with Crippen LogP contribution in [0.25, 0.3) is 5.69 Å². The molecule has 1 aliphatic rings. The second-order valence-electron chi connectivity index (χ2n) is 6.79. The number of benzene rings is 2. The van der Waals surface area contributed by atoms with E-state index in [1.165, 1.54) is 0 Å². The van der Waals surface area contributed by atoms with Crippen molar-refractivity contribution in [2.24, 2.45) is 0 Å². The smallest absolute Gasteiger partial charge is 0.374 e. The van der Waals surface area contributed by atoms with Gasteiger partial charge in [-0.25, -0.2) is 9.78 Å². The molecule has 1 aliphatic heterocycles. The number of hydrogen-bond acceptors (Lipinski definition) is 5. The number of halogens is 2. The zero-order chi connectivity index (χ0) is 21.3. The zero-order valence-corrected chi connectivity index (χ0v) is 17.8. The summed E-state index contributed by atoms with van der Waals surface area (Å²) >= 11 is 12.3. The summed E-state index contributed by atoms with van der Waals surface area (Å²) in [7, 11) is 0. The first-order valence-electron chi connectivity index (χ1n) is 9.58. The molecule has 0 amide bonds. The minimum atomic E-state index is -0.499. The van der Waals surface area contributed by atoms with Crippen molar-refractivity contribution in [3.63, 3.8) is 0 Å². The summed E-state index contributed by atoms with van der Waals surface area (Å²) in [6, 6.07) is 12.0. The molecule has 154 valence electrons. The Bertz CT molecular complexity index is 1140. The van der Waals surface area contributed by atoms with Gasteiger partial charge in [0.05, 0.1) is 22.3 Å². The Morgan fingerprint density at radius 3 is 2.80 bits per heavy atom. The van der Waals surface area contributed by atoms with E-state index in [1.807, 2.05) is 6.07 Å². The molecule has 0 aliphatic carbocycles. The topological polar surface area (TPSA) is 73.2 Å². The predicted molar refractivity (Wildman–Crippen MR) is 115 cm³/mol. The third-order valence-electron chi connectivity index (χ3n) is 4.91. The van der Waals surface area contributed by atoms with E-state index in [9.17, 15) is 9.59 Å². The van der Waals surface area contributed by atoms with E-state index in [0.29, 0.717) is 34.8 Å². The van der Waals surface area contributed by atoms with Crippen molar-refractivity contribution >= 4 is 35.0 Å². The lowest BCUT2D eigenvalue weighted by Gasteiger charge is -2.16. The SMILES string of the molecule is CCOC(=O)c1nc2c(n1-c1cccc(C(=O)c3cccc(Cl)c3Cl)c1)CCNC2. The summed E-state index contributed by atoms with van der Waals surface area (Å²) < 4.78 is 6.98. The molecule has 0 saturated carbocycles. The standard InChI is InChI=1S/C22H19Cl2N3O3/c1-2-30-22(29)21-26-17-12-25-10-9-18(17)27(21)14-6-3-5-13(11-14)20(28)15-7-4-8-16(23)19(15)24/h3-8,11,25H,2,9-10,12H2,1H3. The van der Waals surface area contributed by atoms with E-state index in [4.69, 9.17) is 27.9 Å². The fourth-order valence-electron chi connectivity index (χ4n) is 3.54. The van der Waals surface area contributed by atoms with Gasteiger partial charge in [0.1, 0.15) is 0 Å². The van der Waals surface area contributed by atoms with Gasteiger partial charge >= 0.3 is 5.97 Å². The monoisotopic (exact) mass is 443 g/mol. The van der Waals surface area contributed by atoms with E-state index in [-0.39, 0.29) is 23.2 Å². The van der Waals surface area contributed by atoms with Gasteiger partial charge in [-0.1, -0.05) is 41.4 Å². The first-order valence-corrected chi connectivity index (χ1v) is 10.3. The fourth-order valence-corrected chi connectivity index (χ4v) is 3.93. The summed E-state index contributed by atoms with van der Waals surface area (Å²) in [4.78, 5) is 30.1. The van der Waals surface area contributed by atoms with Crippen LogP contribution in [0.3, 0.4) is 0 Å². The van der Waals surface area contributed by atoms with Gasteiger partial charge in [0.2, 0.25) is 5.82 Å². The van der Waals surface area contributed by atoms with Gasteiger partial charge in [-0.2, -0.15) is 0 Å². The lowest BCUT2D eigenvalue weighted by Crippen LogP contribution is -2.25. The van der Waals surface area contributed by atoms with E-state index in [2.05, 4.69) is 10.3 Å². The molecule has 2 heterocycles. The molecule has 30 heavy (non-hydrogen) atoms. The third-order valence-corrected chi connectivity index (χ3v) is 5.73. The van der Waals surface area contributed by atoms with Crippen molar-refractivity contribution in [1.82, 2.24) is 14.9 Å². The number of aromatic nitrogens is 2. The predicted octanol–water partition coefficient (Wildman–Crippen LogP) is 4.23. The number of nitrogens with zero attached hydrogens (tertiary/aromatic N) is 2. The molecule has 1 aromatic heterocycles. The molecule has 6 nitrogen and oxygen atoms in total. The molecule has 1 N–H and O–H groups in total. The molecule has 4 rings (SSSR count). The fraction of sp³-hybridized carbons (Fsp3) is 0.227. The summed E-state index contributed by atoms with van der Waals surface area (Å²) in [6.45, 7) is 3.35. The van der Waals surface area contributed by atoms with Crippen molar-refractivity contribution < 1.29 is 14.3 Å². The molecular formula is C22H19Cl2N3O3. The minimum absolute atomic E-state index is 0.205. The summed E-state index contributed by atoms with van der Waals surface area (Å²) in [5.74, 6) is -0.546.